The topological polar surface area (TPSA) is 59.9 Å². The molecule has 5 nitrogen and oxygen atoms in total. The number of hydrogen-bond acceptors (Lipinski definition) is 5. The molecular formula is C42H28N4O. The van der Waals surface area contributed by atoms with E-state index in [0.29, 0.717) is 17.5 Å². The highest BCUT2D eigenvalue weighted by Gasteiger charge is 2.26. The Balaban J connectivity index is 1.16. The smallest absolute Gasteiger partial charge is 0.196 e. The molecule has 0 saturated heterocycles. The number of fused-ring (bicyclic) bond motifs is 5. The molecule has 0 amide bonds. The number of rotatable bonds is 5. The molecule has 7 aromatic carbocycles. The summed E-state index contributed by atoms with van der Waals surface area (Å²) in [6.45, 7) is 0. The first-order valence-electron chi connectivity index (χ1n) is 15.7. The van der Waals surface area contributed by atoms with Gasteiger partial charge in [-0.15, -0.1) is 0 Å². The number of anilines is 1. The summed E-state index contributed by atoms with van der Waals surface area (Å²) in [7, 11) is 0. The van der Waals surface area contributed by atoms with Crippen molar-refractivity contribution in [2.24, 2.45) is 0 Å². The van der Waals surface area contributed by atoms with Gasteiger partial charge in [0.25, 0.3) is 0 Å². The predicted molar refractivity (Wildman–Crippen MR) is 190 cm³/mol. The van der Waals surface area contributed by atoms with Gasteiger partial charge in [0.2, 0.25) is 0 Å². The van der Waals surface area contributed by atoms with E-state index in [9.17, 15) is 0 Å². The van der Waals surface area contributed by atoms with Gasteiger partial charge in [0.1, 0.15) is 5.75 Å². The molecule has 1 aromatic heterocycles. The van der Waals surface area contributed by atoms with E-state index in [1.165, 1.54) is 0 Å². The fourth-order valence-corrected chi connectivity index (χ4v) is 6.40. The molecule has 47 heavy (non-hydrogen) atoms. The Morgan fingerprint density at radius 3 is 1.77 bits per heavy atom. The van der Waals surface area contributed by atoms with Gasteiger partial charge >= 0.3 is 0 Å². The Bertz CT molecular complexity index is 2410. The molecule has 1 atom stereocenters. The van der Waals surface area contributed by atoms with Crippen LogP contribution in [-0.4, -0.2) is 15.0 Å². The molecule has 0 radical (unpaired) electrons. The van der Waals surface area contributed by atoms with Gasteiger partial charge in [0, 0.05) is 27.6 Å². The lowest BCUT2D eigenvalue weighted by Crippen LogP contribution is -2.09. The lowest BCUT2D eigenvalue weighted by Gasteiger charge is -2.12. The van der Waals surface area contributed by atoms with Crippen LogP contribution >= 0.6 is 0 Å². The van der Waals surface area contributed by atoms with Crippen molar-refractivity contribution in [2.45, 2.75) is 6.23 Å². The van der Waals surface area contributed by atoms with Crippen molar-refractivity contribution in [2.75, 3.05) is 5.32 Å². The molecule has 1 N–H and O–H groups in total. The molecule has 0 spiro atoms. The zero-order chi connectivity index (χ0) is 31.2. The van der Waals surface area contributed by atoms with Crippen LogP contribution in [-0.2, 0) is 0 Å². The van der Waals surface area contributed by atoms with Crippen LogP contribution in [0, 0.1) is 0 Å². The minimum Gasteiger partial charge on any atom is -0.464 e. The highest BCUT2D eigenvalue weighted by Crippen LogP contribution is 2.45. The third-order valence-corrected chi connectivity index (χ3v) is 8.74. The molecule has 1 unspecified atom stereocenters. The first-order valence-corrected chi connectivity index (χ1v) is 15.7. The zero-order valence-corrected chi connectivity index (χ0v) is 25.3. The Morgan fingerprint density at radius 1 is 0.447 bits per heavy atom. The van der Waals surface area contributed by atoms with E-state index >= 15 is 0 Å². The lowest BCUT2D eigenvalue weighted by molar-refractivity contribution is 0.260. The van der Waals surface area contributed by atoms with Crippen molar-refractivity contribution in [1.82, 2.24) is 15.0 Å². The van der Waals surface area contributed by atoms with Gasteiger partial charge < -0.3 is 10.1 Å². The van der Waals surface area contributed by atoms with Crippen molar-refractivity contribution in [3.8, 4) is 51.0 Å². The minimum absolute atomic E-state index is 0.230. The van der Waals surface area contributed by atoms with E-state index in [0.717, 1.165) is 66.4 Å². The Kier molecular flexibility index (Phi) is 6.46. The summed E-state index contributed by atoms with van der Waals surface area (Å²) in [5.74, 6) is 2.76. The average Bonchev–Trinajstić information content (AvgIpc) is 3.60. The van der Waals surface area contributed by atoms with Crippen molar-refractivity contribution in [1.29, 1.82) is 0 Å². The summed E-state index contributed by atoms with van der Waals surface area (Å²) in [6, 6.07) is 54.1. The summed E-state index contributed by atoms with van der Waals surface area (Å²) in [5.41, 5.74) is 7.18. The van der Waals surface area contributed by atoms with Crippen molar-refractivity contribution in [3.05, 3.63) is 163 Å². The Morgan fingerprint density at radius 2 is 1.02 bits per heavy atom. The molecule has 9 rings (SSSR count). The SMILES string of the molecule is c1ccc(-c2cccc(-c3nc(-c4ccccc4)nc(-c4ccc5c(ccc6ccc7c(c65)NC(c5ccccc5)O7)c4)n3)c2)cc1. The first kappa shape index (κ1) is 27.0. The molecule has 1 aliphatic heterocycles. The Labute approximate surface area is 272 Å². The number of nitrogens with zero attached hydrogens (tertiary/aromatic N) is 3. The number of aromatic nitrogens is 3. The third-order valence-electron chi connectivity index (χ3n) is 8.74. The van der Waals surface area contributed by atoms with Crippen LogP contribution in [0.3, 0.4) is 0 Å². The van der Waals surface area contributed by atoms with Gasteiger partial charge in [-0.25, -0.2) is 15.0 Å². The maximum absolute atomic E-state index is 6.35. The van der Waals surface area contributed by atoms with Gasteiger partial charge in [0.05, 0.1) is 5.69 Å². The van der Waals surface area contributed by atoms with Crippen LogP contribution < -0.4 is 10.1 Å². The fraction of sp³-hybridized carbons (Fsp3) is 0.0238. The van der Waals surface area contributed by atoms with Crippen molar-refractivity contribution in [3.63, 3.8) is 0 Å². The summed E-state index contributed by atoms with van der Waals surface area (Å²) < 4.78 is 6.35. The molecule has 0 saturated carbocycles. The van der Waals surface area contributed by atoms with E-state index < -0.39 is 0 Å². The van der Waals surface area contributed by atoms with Crippen LogP contribution in [0.1, 0.15) is 11.8 Å². The summed E-state index contributed by atoms with van der Waals surface area (Å²) >= 11 is 0. The van der Waals surface area contributed by atoms with Crippen LogP contribution in [0.25, 0.3) is 66.8 Å². The van der Waals surface area contributed by atoms with Crippen molar-refractivity contribution < 1.29 is 4.74 Å². The average molecular weight is 605 g/mol. The van der Waals surface area contributed by atoms with Crippen LogP contribution in [0.5, 0.6) is 5.75 Å². The van der Waals surface area contributed by atoms with Gasteiger partial charge in [-0.05, 0) is 45.5 Å². The molecule has 1 aliphatic rings. The summed E-state index contributed by atoms with van der Waals surface area (Å²) in [5, 5.41) is 8.18. The van der Waals surface area contributed by atoms with E-state index in [1.807, 2.05) is 54.6 Å². The number of nitrogens with one attached hydrogen (secondary N) is 1. The molecule has 0 bridgehead atoms. The normalized spacial score (nSPS) is 13.7. The summed E-state index contributed by atoms with van der Waals surface area (Å²) in [4.78, 5) is 15.0. The van der Waals surface area contributed by atoms with Gasteiger partial charge in [-0.2, -0.15) is 0 Å². The zero-order valence-electron chi connectivity index (χ0n) is 25.3. The van der Waals surface area contributed by atoms with E-state index in [4.69, 9.17) is 19.7 Å². The quantitative estimate of drug-likeness (QED) is 0.198. The highest BCUT2D eigenvalue weighted by molar-refractivity contribution is 6.15. The van der Waals surface area contributed by atoms with Crippen LogP contribution in [0.15, 0.2) is 158 Å². The van der Waals surface area contributed by atoms with Crippen molar-refractivity contribution >= 4 is 27.2 Å². The van der Waals surface area contributed by atoms with Crippen LogP contribution in [0.4, 0.5) is 5.69 Å². The van der Waals surface area contributed by atoms with Gasteiger partial charge in [0.15, 0.2) is 23.7 Å². The van der Waals surface area contributed by atoms with E-state index in [2.05, 4.69) is 108 Å². The second-order valence-electron chi connectivity index (χ2n) is 11.7. The lowest BCUT2D eigenvalue weighted by atomic mass is 9.98. The predicted octanol–water partition coefficient (Wildman–Crippen LogP) is 10.3. The van der Waals surface area contributed by atoms with E-state index in [-0.39, 0.29) is 6.23 Å². The number of ether oxygens (including phenoxy) is 1. The molecule has 8 aromatic rings. The van der Waals surface area contributed by atoms with Gasteiger partial charge in [-0.1, -0.05) is 140 Å². The second kappa shape index (κ2) is 11.2. The molecule has 0 aliphatic carbocycles. The molecular weight excluding hydrogens is 576 g/mol. The largest absolute Gasteiger partial charge is 0.464 e. The van der Waals surface area contributed by atoms with Crippen LogP contribution in [0.2, 0.25) is 0 Å². The summed E-state index contributed by atoms with van der Waals surface area (Å²) in [6.07, 6.45) is -0.230. The van der Waals surface area contributed by atoms with Gasteiger partial charge in [-0.3, -0.25) is 0 Å². The molecule has 222 valence electrons. The van der Waals surface area contributed by atoms with E-state index in [1.54, 1.807) is 0 Å². The third kappa shape index (κ3) is 4.95. The highest BCUT2D eigenvalue weighted by atomic mass is 16.5. The maximum atomic E-state index is 6.35. The number of hydrogen-bond donors (Lipinski definition) is 1. The molecule has 0 fully saturated rings. The first-order chi connectivity index (χ1) is 23.3. The maximum Gasteiger partial charge on any atom is 0.196 e. The minimum atomic E-state index is -0.230. The monoisotopic (exact) mass is 604 g/mol. The fourth-order valence-electron chi connectivity index (χ4n) is 6.40. The Hall–Kier alpha value is -6.33. The molecule has 5 heteroatoms. The standard InChI is InChI=1S/C42H28N4O/c1-4-11-27(12-5-1)31-17-10-18-33(25-31)40-44-39(29-13-6-2-7-14-29)45-41(46-40)34-21-23-35-32(26-34)20-19-28-22-24-36-38(37(28)35)43-42(47-36)30-15-8-3-9-16-30/h1-26,42-43H. The number of benzene rings is 7. The second-order valence-corrected chi connectivity index (χ2v) is 11.7. The molecule has 2 heterocycles.